The Hall–Kier alpha value is -2.53. The monoisotopic (exact) mass is 394 g/mol. The maximum Gasteiger partial charge on any atom is 0.251 e. The first-order valence-corrected chi connectivity index (χ1v) is 10.6. The van der Waals surface area contributed by atoms with Gasteiger partial charge in [-0.3, -0.25) is 9.69 Å². The highest BCUT2D eigenvalue weighted by molar-refractivity contribution is 5.94. The SMILES string of the molecule is CCOc1ccc(C(=O)NC2C[C@H]3CC[C@@H](C2)N3Cc2ccc(OC)cc2)cc1. The van der Waals surface area contributed by atoms with Crippen LogP contribution in [0.1, 0.15) is 48.5 Å². The molecule has 4 rings (SSSR count). The molecule has 2 aliphatic heterocycles. The number of hydrogen-bond donors (Lipinski definition) is 1. The Balaban J connectivity index is 1.34. The van der Waals surface area contributed by atoms with E-state index in [0.29, 0.717) is 24.3 Å². The van der Waals surface area contributed by atoms with E-state index in [1.807, 2.05) is 43.3 Å². The second-order valence-electron chi connectivity index (χ2n) is 8.00. The molecule has 5 nitrogen and oxygen atoms in total. The van der Waals surface area contributed by atoms with Crippen LogP contribution in [-0.2, 0) is 6.54 Å². The van der Waals surface area contributed by atoms with Gasteiger partial charge in [0.25, 0.3) is 5.91 Å². The van der Waals surface area contributed by atoms with Crippen molar-refractivity contribution >= 4 is 5.91 Å². The standard InChI is InChI=1S/C24H30N2O3/c1-3-29-23-12-6-18(7-13-23)24(27)25-19-14-20-8-9-21(15-19)26(20)16-17-4-10-22(28-2)11-5-17/h4-7,10-13,19-21H,3,8-9,14-16H2,1-2H3,(H,25,27)/t19?,20-,21+. The van der Waals surface area contributed by atoms with Gasteiger partial charge in [-0.1, -0.05) is 12.1 Å². The van der Waals surface area contributed by atoms with Crippen molar-refractivity contribution in [3.63, 3.8) is 0 Å². The van der Waals surface area contributed by atoms with Crippen LogP contribution in [0.15, 0.2) is 48.5 Å². The van der Waals surface area contributed by atoms with Crippen LogP contribution in [-0.4, -0.2) is 42.6 Å². The normalized spacial score (nSPS) is 23.6. The summed E-state index contributed by atoms with van der Waals surface area (Å²) in [6.45, 7) is 3.55. The third-order valence-corrected chi connectivity index (χ3v) is 6.17. The Morgan fingerprint density at radius 1 is 1.00 bits per heavy atom. The Morgan fingerprint density at radius 3 is 2.21 bits per heavy atom. The van der Waals surface area contributed by atoms with E-state index < -0.39 is 0 Å². The lowest BCUT2D eigenvalue weighted by molar-refractivity contribution is 0.0828. The predicted molar refractivity (Wildman–Crippen MR) is 113 cm³/mol. The van der Waals surface area contributed by atoms with Gasteiger partial charge in [0.15, 0.2) is 0 Å². The summed E-state index contributed by atoms with van der Waals surface area (Å²) in [6.07, 6.45) is 4.48. The van der Waals surface area contributed by atoms with Crippen LogP contribution in [0.25, 0.3) is 0 Å². The smallest absolute Gasteiger partial charge is 0.251 e. The summed E-state index contributed by atoms with van der Waals surface area (Å²) < 4.78 is 10.7. The van der Waals surface area contributed by atoms with Crippen LogP contribution in [0.3, 0.4) is 0 Å². The van der Waals surface area contributed by atoms with E-state index in [2.05, 4.69) is 22.3 Å². The number of benzene rings is 2. The number of ether oxygens (including phenoxy) is 2. The molecule has 154 valence electrons. The van der Waals surface area contributed by atoms with Crippen molar-refractivity contribution in [2.45, 2.75) is 57.3 Å². The molecule has 29 heavy (non-hydrogen) atoms. The minimum atomic E-state index is 0.0149. The molecule has 1 unspecified atom stereocenters. The molecular weight excluding hydrogens is 364 g/mol. The molecule has 2 saturated heterocycles. The zero-order valence-corrected chi connectivity index (χ0v) is 17.3. The molecule has 0 saturated carbocycles. The average Bonchev–Trinajstić information content (AvgIpc) is 2.97. The van der Waals surface area contributed by atoms with Crippen LogP contribution in [0.5, 0.6) is 11.5 Å². The van der Waals surface area contributed by atoms with E-state index >= 15 is 0 Å². The average molecular weight is 395 g/mol. The first-order valence-electron chi connectivity index (χ1n) is 10.6. The predicted octanol–water partition coefficient (Wildman–Crippen LogP) is 4.02. The minimum absolute atomic E-state index is 0.0149. The number of fused-ring (bicyclic) bond motifs is 2. The lowest BCUT2D eigenvalue weighted by Crippen LogP contribution is -2.49. The number of nitrogens with one attached hydrogen (secondary N) is 1. The van der Waals surface area contributed by atoms with Crippen LogP contribution in [0, 0.1) is 0 Å². The fraction of sp³-hybridized carbons (Fsp3) is 0.458. The van der Waals surface area contributed by atoms with Gasteiger partial charge in [-0.25, -0.2) is 0 Å². The topological polar surface area (TPSA) is 50.8 Å². The first-order chi connectivity index (χ1) is 14.2. The highest BCUT2D eigenvalue weighted by Crippen LogP contribution is 2.37. The van der Waals surface area contributed by atoms with Gasteiger partial charge in [0.2, 0.25) is 0 Å². The van der Waals surface area contributed by atoms with E-state index in [1.54, 1.807) is 7.11 Å². The van der Waals surface area contributed by atoms with Gasteiger partial charge >= 0.3 is 0 Å². The first kappa shape index (κ1) is 19.8. The fourth-order valence-electron chi connectivity index (χ4n) is 4.73. The molecule has 0 aromatic heterocycles. The Bertz CT molecular complexity index is 805. The second kappa shape index (κ2) is 8.87. The van der Waals surface area contributed by atoms with Gasteiger partial charge in [-0.2, -0.15) is 0 Å². The summed E-state index contributed by atoms with van der Waals surface area (Å²) in [5.41, 5.74) is 2.01. The summed E-state index contributed by atoms with van der Waals surface area (Å²) in [7, 11) is 1.70. The van der Waals surface area contributed by atoms with E-state index in [1.165, 1.54) is 18.4 Å². The lowest BCUT2D eigenvalue weighted by atomic mass is 9.96. The maximum atomic E-state index is 12.7. The number of nitrogens with zero attached hydrogens (tertiary/aromatic N) is 1. The summed E-state index contributed by atoms with van der Waals surface area (Å²) in [5.74, 6) is 1.71. The number of rotatable bonds is 7. The van der Waals surface area contributed by atoms with Crippen molar-refractivity contribution in [3.05, 3.63) is 59.7 Å². The minimum Gasteiger partial charge on any atom is -0.497 e. The van der Waals surface area contributed by atoms with Gasteiger partial charge < -0.3 is 14.8 Å². The van der Waals surface area contributed by atoms with Gasteiger partial charge in [0.1, 0.15) is 11.5 Å². The molecule has 1 N–H and O–H groups in total. The molecule has 3 atom stereocenters. The quantitative estimate of drug-likeness (QED) is 0.771. The number of amides is 1. The molecule has 0 aliphatic carbocycles. The largest absolute Gasteiger partial charge is 0.497 e. The summed E-state index contributed by atoms with van der Waals surface area (Å²) in [6, 6.07) is 17.1. The molecule has 5 heteroatoms. The van der Waals surface area contributed by atoms with Crippen molar-refractivity contribution in [2.75, 3.05) is 13.7 Å². The molecule has 0 spiro atoms. The van der Waals surface area contributed by atoms with E-state index in [0.717, 1.165) is 30.9 Å². The van der Waals surface area contributed by atoms with Crippen molar-refractivity contribution < 1.29 is 14.3 Å². The summed E-state index contributed by atoms with van der Waals surface area (Å²) in [5, 5.41) is 3.26. The summed E-state index contributed by atoms with van der Waals surface area (Å²) in [4.78, 5) is 15.3. The molecule has 2 bridgehead atoms. The molecular formula is C24H30N2O3. The molecule has 2 aliphatic rings. The van der Waals surface area contributed by atoms with Crippen molar-refractivity contribution in [3.8, 4) is 11.5 Å². The molecule has 2 fully saturated rings. The van der Waals surface area contributed by atoms with Crippen LogP contribution < -0.4 is 14.8 Å². The van der Waals surface area contributed by atoms with Crippen LogP contribution >= 0.6 is 0 Å². The van der Waals surface area contributed by atoms with Gasteiger partial charge in [0, 0.05) is 30.2 Å². The number of hydrogen-bond acceptors (Lipinski definition) is 4. The Kier molecular flexibility index (Phi) is 6.05. The molecule has 2 heterocycles. The van der Waals surface area contributed by atoms with Gasteiger partial charge in [-0.05, 0) is 74.6 Å². The van der Waals surface area contributed by atoms with Crippen LogP contribution in [0.4, 0.5) is 0 Å². The zero-order valence-electron chi connectivity index (χ0n) is 17.3. The van der Waals surface area contributed by atoms with E-state index in [9.17, 15) is 4.79 Å². The molecule has 2 aromatic rings. The van der Waals surface area contributed by atoms with E-state index in [-0.39, 0.29) is 11.9 Å². The van der Waals surface area contributed by atoms with Gasteiger partial charge in [-0.15, -0.1) is 0 Å². The third-order valence-electron chi connectivity index (χ3n) is 6.17. The Labute approximate surface area is 173 Å². The van der Waals surface area contributed by atoms with Gasteiger partial charge in [0.05, 0.1) is 13.7 Å². The zero-order chi connectivity index (χ0) is 20.2. The number of carbonyl (C=O) groups is 1. The van der Waals surface area contributed by atoms with Crippen molar-refractivity contribution in [1.82, 2.24) is 10.2 Å². The van der Waals surface area contributed by atoms with E-state index in [4.69, 9.17) is 9.47 Å². The maximum absolute atomic E-state index is 12.7. The molecule has 0 radical (unpaired) electrons. The highest BCUT2D eigenvalue weighted by atomic mass is 16.5. The fourth-order valence-corrected chi connectivity index (χ4v) is 4.73. The second-order valence-corrected chi connectivity index (χ2v) is 8.00. The molecule has 1 amide bonds. The number of piperidine rings is 1. The van der Waals surface area contributed by atoms with Crippen molar-refractivity contribution in [2.24, 2.45) is 0 Å². The lowest BCUT2D eigenvalue weighted by Gasteiger charge is -2.39. The number of carbonyl (C=O) groups excluding carboxylic acids is 1. The van der Waals surface area contributed by atoms with Crippen molar-refractivity contribution in [1.29, 1.82) is 0 Å². The summed E-state index contributed by atoms with van der Waals surface area (Å²) >= 11 is 0. The Morgan fingerprint density at radius 2 is 1.62 bits per heavy atom. The third kappa shape index (κ3) is 4.56. The van der Waals surface area contributed by atoms with Crippen LogP contribution in [0.2, 0.25) is 0 Å². The highest BCUT2D eigenvalue weighted by Gasteiger charge is 2.40. The number of methoxy groups -OCH3 is 1. The molecule has 2 aromatic carbocycles.